The Kier molecular flexibility index (Phi) is 6.80. The molecule has 0 aliphatic heterocycles. The van der Waals surface area contributed by atoms with Crippen molar-refractivity contribution in [1.82, 2.24) is 0 Å². The van der Waals surface area contributed by atoms with Crippen molar-refractivity contribution in [2.75, 3.05) is 19.6 Å². The maximum Gasteiger partial charge on any atom is 0.449 e. The van der Waals surface area contributed by atoms with Gasteiger partial charge in [0.05, 0.1) is 13.2 Å². The zero-order valence-electron chi connectivity index (χ0n) is 9.59. The van der Waals surface area contributed by atoms with Crippen LogP contribution in [-0.2, 0) is 18.3 Å². The number of alkyl halides is 3. The molecule has 0 heterocycles. The first-order valence-electron chi connectivity index (χ1n) is 4.79. The second kappa shape index (κ2) is 7.06. The fourth-order valence-electron chi connectivity index (χ4n) is 0.816. The molecule has 0 aromatic heterocycles. The molecule has 0 N–H and O–H groups in total. The normalized spacial score (nSPS) is 14.4. The lowest BCUT2D eigenvalue weighted by Gasteiger charge is -2.16. The number of halogens is 5. The molecule has 0 aromatic rings. The van der Waals surface area contributed by atoms with E-state index in [1.165, 1.54) is 13.8 Å². The van der Waals surface area contributed by atoms with Gasteiger partial charge in [-0.2, -0.15) is 22.0 Å². The molecular formula is C8H12F5O4P. The van der Waals surface area contributed by atoms with Crippen molar-refractivity contribution in [3.63, 3.8) is 0 Å². The molecule has 0 saturated carbocycles. The van der Waals surface area contributed by atoms with Gasteiger partial charge in [-0.05, 0) is 13.8 Å². The molecule has 0 saturated heterocycles. The van der Waals surface area contributed by atoms with E-state index in [9.17, 15) is 26.5 Å². The van der Waals surface area contributed by atoms with Gasteiger partial charge in [0.1, 0.15) is 0 Å². The molecule has 0 rings (SSSR count). The molecule has 0 unspecified atom stereocenters. The topological polar surface area (TPSA) is 44.8 Å². The van der Waals surface area contributed by atoms with Gasteiger partial charge < -0.3 is 13.8 Å². The first-order chi connectivity index (χ1) is 8.16. The van der Waals surface area contributed by atoms with Crippen molar-refractivity contribution in [3.05, 3.63) is 11.8 Å². The fourth-order valence-corrected chi connectivity index (χ4v) is 2.10. The van der Waals surface area contributed by atoms with Gasteiger partial charge in [0.15, 0.2) is 6.35 Å². The van der Waals surface area contributed by atoms with E-state index >= 15 is 0 Å². The summed E-state index contributed by atoms with van der Waals surface area (Å²) in [7, 11) is -3.90. The van der Waals surface area contributed by atoms with Gasteiger partial charge in [-0.1, -0.05) is 0 Å². The first-order valence-corrected chi connectivity index (χ1v) is 6.52. The highest BCUT2D eigenvalue weighted by atomic mass is 31.2. The number of rotatable bonds is 7. The maximum atomic E-state index is 12.6. The minimum atomic E-state index is -5.51. The van der Waals surface area contributed by atoms with E-state index in [0.29, 0.717) is 0 Å². The largest absolute Gasteiger partial charge is 0.456 e. The van der Waals surface area contributed by atoms with Crippen LogP contribution in [0.3, 0.4) is 0 Å². The van der Waals surface area contributed by atoms with Crippen molar-refractivity contribution < 1.29 is 40.3 Å². The van der Waals surface area contributed by atoms with Crippen molar-refractivity contribution in [3.8, 4) is 0 Å². The first kappa shape index (κ1) is 17.3. The molecule has 10 heteroatoms. The molecule has 0 aliphatic rings. The molecular weight excluding hydrogens is 286 g/mol. The van der Waals surface area contributed by atoms with Crippen LogP contribution in [0.2, 0.25) is 0 Å². The predicted octanol–water partition coefficient (Wildman–Crippen LogP) is 3.90. The van der Waals surface area contributed by atoms with Crippen LogP contribution >= 0.6 is 7.60 Å². The van der Waals surface area contributed by atoms with E-state index < -0.39 is 32.0 Å². The third-order valence-electron chi connectivity index (χ3n) is 1.42. The molecule has 18 heavy (non-hydrogen) atoms. The Labute approximate surface area is 100 Å². The van der Waals surface area contributed by atoms with Crippen LogP contribution < -0.4 is 0 Å². The van der Waals surface area contributed by atoms with Crippen LogP contribution in [0.4, 0.5) is 22.0 Å². The van der Waals surface area contributed by atoms with Gasteiger partial charge in [-0.3, -0.25) is 4.57 Å². The molecule has 0 aliphatic carbocycles. The average molecular weight is 298 g/mol. The highest BCUT2D eigenvalue weighted by molar-refractivity contribution is 7.53. The molecule has 4 nitrogen and oxygen atoms in total. The summed E-state index contributed by atoms with van der Waals surface area (Å²) >= 11 is 0. The van der Waals surface area contributed by atoms with Gasteiger partial charge >= 0.3 is 19.8 Å². The van der Waals surface area contributed by atoms with Gasteiger partial charge in [-0.15, -0.1) is 0 Å². The maximum absolute atomic E-state index is 12.6. The minimum absolute atomic E-state index is 0.0896. The van der Waals surface area contributed by atoms with E-state index in [1.54, 1.807) is 0 Å². The SMILES string of the molecule is CCOP(=O)(CO/C(F)=C(\F)C(F)(F)F)OCC. The summed E-state index contributed by atoms with van der Waals surface area (Å²) in [4.78, 5) is 0. The number of allylic oxidation sites excluding steroid dienone is 1. The molecule has 0 bridgehead atoms. The van der Waals surface area contributed by atoms with E-state index in [2.05, 4.69) is 13.8 Å². The fraction of sp³-hybridized carbons (Fsp3) is 0.750. The van der Waals surface area contributed by atoms with Crippen LogP contribution in [0.5, 0.6) is 0 Å². The number of ether oxygens (including phenoxy) is 1. The summed E-state index contributed by atoms with van der Waals surface area (Å²) in [6.45, 7) is 2.70. The summed E-state index contributed by atoms with van der Waals surface area (Å²) < 4.78 is 84.8. The lowest BCUT2D eigenvalue weighted by molar-refractivity contribution is -0.116. The molecule has 0 amide bonds. The van der Waals surface area contributed by atoms with Gasteiger partial charge in [0.2, 0.25) is 0 Å². The van der Waals surface area contributed by atoms with Crippen molar-refractivity contribution in [1.29, 1.82) is 0 Å². The zero-order valence-corrected chi connectivity index (χ0v) is 10.5. The highest BCUT2D eigenvalue weighted by Gasteiger charge is 2.40. The number of hydrogen-bond acceptors (Lipinski definition) is 4. The predicted molar refractivity (Wildman–Crippen MR) is 52.1 cm³/mol. The Morgan fingerprint density at radius 1 is 1.11 bits per heavy atom. The third kappa shape index (κ3) is 5.79. The van der Waals surface area contributed by atoms with E-state index in [4.69, 9.17) is 0 Å². The van der Waals surface area contributed by atoms with E-state index in [1.807, 2.05) is 0 Å². The smallest absolute Gasteiger partial charge is 0.449 e. The molecule has 108 valence electrons. The zero-order chi connectivity index (χ0) is 14.4. The van der Waals surface area contributed by atoms with Gasteiger partial charge in [0, 0.05) is 0 Å². The lowest BCUT2D eigenvalue weighted by Crippen LogP contribution is -2.11. The van der Waals surface area contributed by atoms with Gasteiger partial charge in [-0.25, -0.2) is 0 Å². The Morgan fingerprint density at radius 3 is 1.89 bits per heavy atom. The quantitative estimate of drug-likeness (QED) is 0.406. The second-order valence-corrected chi connectivity index (χ2v) is 4.80. The van der Waals surface area contributed by atoms with Crippen molar-refractivity contribution in [2.24, 2.45) is 0 Å². The van der Waals surface area contributed by atoms with Crippen LogP contribution in [0, 0.1) is 0 Å². The third-order valence-corrected chi connectivity index (χ3v) is 3.17. The van der Waals surface area contributed by atoms with Crippen LogP contribution in [0.25, 0.3) is 0 Å². The second-order valence-electron chi connectivity index (χ2n) is 2.81. The van der Waals surface area contributed by atoms with Crippen LogP contribution in [-0.4, -0.2) is 25.7 Å². The molecule has 0 radical (unpaired) electrons. The van der Waals surface area contributed by atoms with Crippen molar-refractivity contribution in [2.45, 2.75) is 20.0 Å². The summed E-state index contributed by atoms with van der Waals surface area (Å²) in [5.41, 5.74) is 0. The summed E-state index contributed by atoms with van der Waals surface area (Å²) in [5, 5.41) is 0. The molecule has 0 aromatic carbocycles. The Morgan fingerprint density at radius 2 is 1.56 bits per heavy atom. The molecule has 0 atom stereocenters. The van der Waals surface area contributed by atoms with Crippen LogP contribution in [0.15, 0.2) is 11.8 Å². The summed E-state index contributed by atoms with van der Waals surface area (Å²) in [5.74, 6) is -3.04. The molecule has 0 fully saturated rings. The van der Waals surface area contributed by atoms with Gasteiger partial charge in [0.25, 0.3) is 5.83 Å². The Hall–Kier alpha value is -0.660. The van der Waals surface area contributed by atoms with Crippen LogP contribution in [0.1, 0.15) is 13.8 Å². The summed E-state index contributed by atoms with van der Waals surface area (Å²) in [6, 6.07) is -2.51. The minimum Gasteiger partial charge on any atom is -0.456 e. The standard InChI is InChI=1S/C8H12F5O4P/c1-3-16-18(14,17-4-2)5-15-7(10)6(9)8(11,12)13/h3-5H2,1-2H3/b7-6-. The summed E-state index contributed by atoms with van der Waals surface area (Å²) in [6.07, 6.45) is -6.66. The van der Waals surface area contributed by atoms with E-state index in [0.717, 1.165) is 0 Å². The van der Waals surface area contributed by atoms with Crippen molar-refractivity contribution >= 4 is 7.60 Å². The highest BCUT2D eigenvalue weighted by Crippen LogP contribution is 2.48. The Balaban J connectivity index is 4.68. The average Bonchev–Trinajstić information content (AvgIpc) is 2.24. The monoisotopic (exact) mass is 298 g/mol. The molecule has 0 spiro atoms. The Bertz CT molecular complexity index is 331. The lowest BCUT2D eigenvalue weighted by atomic mass is 10.5. The number of hydrogen-bond donors (Lipinski definition) is 0. The van der Waals surface area contributed by atoms with E-state index in [-0.39, 0.29) is 13.2 Å².